The van der Waals surface area contributed by atoms with Gasteiger partial charge in [-0.25, -0.2) is 18.0 Å². The molecule has 0 unspecified atom stereocenters. The number of urea groups is 1. The third-order valence-electron chi connectivity index (χ3n) is 3.03. The number of hydrogen-bond acceptors (Lipinski definition) is 6. The Bertz CT molecular complexity index is 711. The van der Waals surface area contributed by atoms with E-state index in [1.54, 1.807) is 19.2 Å². The summed E-state index contributed by atoms with van der Waals surface area (Å²) in [5, 5.41) is 1.74. The van der Waals surface area contributed by atoms with E-state index >= 15 is 0 Å². The summed E-state index contributed by atoms with van der Waals surface area (Å²) in [7, 11) is -3.62. The average Bonchev–Trinajstić information content (AvgIpc) is 2.53. The van der Waals surface area contributed by atoms with Gasteiger partial charge in [0.2, 0.25) is 10.0 Å². The Morgan fingerprint density at radius 2 is 1.67 bits per heavy atom. The van der Waals surface area contributed by atoms with Gasteiger partial charge in [-0.2, -0.15) is 4.31 Å². The van der Waals surface area contributed by atoms with Crippen LogP contribution in [0.4, 0.5) is 4.79 Å². The topological polar surface area (TPSA) is 136 Å². The van der Waals surface area contributed by atoms with Gasteiger partial charge >= 0.3 is 12.0 Å². The van der Waals surface area contributed by atoms with Crippen LogP contribution in [0.15, 0.2) is 29.2 Å². The molecule has 0 saturated heterocycles. The molecule has 0 saturated carbocycles. The van der Waals surface area contributed by atoms with Gasteiger partial charge in [0.1, 0.15) is 0 Å². The Morgan fingerprint density at radius 3 is 2.12 bits per heavy atom. The van der Waals surface area contributed by atoms with Crippen molar-refractivity contribution in [1.82, 2.24) is 9.62 Å². The molecule has 1 aromatic carbocycles. The summed E-state index contributed by atoms with van der Waals surface area (Å²) in [6.45, 7) is 3.43. The van der Waals surface area contributed by atoms with Crippen molar-refractivity contribution in [3.05, 3.63) is 29.8 Å². The number of benzene rings is 1. The number of carbonyl (C=O) groups is 3. The highest BCUT2D eigenvalue weighted by molar-refractivity contribution is 7.89. The highest BCUT2D eigenvalue weighted by atomic mass is 32.2. The minimum Gasteiger partial charge on any atom is -0.452 e. The van der Waals surface area contributed by atoms with Crippen LogP contribution < -0.4 is 11.1 Å². The van der Waals surface area contributed by atoms with Gasteiger partial charge in [0.25, 0.3) is 5.91 Å². The molecule has 9 nitrogen and oxygen atoms in total. The zero-order valence-corrected chi connectivity index (χ0v) is 14.1. The van der Waals surface area contributed by atoms with Crippen LogP contribution in [0.2, 0.25) is 0 Å². The second kappa shape index (κ2) is 8.41. The van der Waals surface area contributed by atoms with Crippen molar-refractivity contribution in [2.45, 2.75) is 18.7 Å². The first kappa shape index (κ1) is 19.6. The number of nitrogens with one attached hydrogen (secondary N) is 1. The first-order valence-corrected chi connectivity index (χ1v) is 8.53. The number of rotatable bonds is 7. The van der Waals surface area contributed by atoms with Gasteiger partial charge in [-0.3, -0.25) is 10.1 Å². The summed E-state index contributed by atoms with van der Waals surface area (Å²) in [5.41, 5.74) is 4.81. The van der Waals surface area contributed by atoms with E-state index in [0.717, 1.165) is 0 Å². The van der Waals surface area contributed by atoms with Crippen LogP contribution in [-0.2, 0) is 19.6 Å². The molecule has 1 aromatic rings. The van der Waals surface area contributed by atoms with Crippen LogP contribution in [0.3, 0.4) is 0 Å². The Hall–Kier alpha value is -2.46. The molecule has 0 aliphatic rings. The number of imide groups is 1. The van der Waals surface area contributed by atoms with Gasteiger partial charge in [0, 0.05) is 13.1 Å². The van der Waals surface area contributed by atoms with Crippen molar-refractivity contribution < 1.29 is 27.5 Å². The third kappa shape index (κ3) is 5.03. The zero-order chi connectivity index (χ0) is 18.3. The number of nitrogens with zero attached hydrogens (tertiary/aromatic N) is 1. The van der Waals surface area contributed by atoms with Crippen molar-refractivity contribution in [2.75, 3.05) is 19.7 Å². The Morgan fingerprint density at radius 1 is 1.12 bits per heavy atom. The monoisotopic (exact) mass is 357 g/mol. The van der Waals surface area contributed by atoms with Crippen LogP contribution in [-0.4, -0.2) is 50.3 Å². The van der Waals surface area contributed by atoms with Crippen molar-refractivity contribution >= 4 is 27.9 Å². The molecule has 0 heterocycles. The maximum absolute atomic E-state index is 12.3. The Balaban J connectivity index is 2.79. The van der Waals surface area contributed by atoms with Crippen molar-refractivity contribution in [3.63, 3.8) is 0 Å². The fourth-order valence-electron chi connectivity index (χ4n) is 1.86. The molecular formula is C14H19N3O6S. The van der Waals surface area contributed by atoms with Crippen LogP contribution in [0.5, 0.6) is 0 Å². The summed E-state index contributed by atoms with van der Waals surface area (Å²) < 4.78 is 30.6. The van der Waals surface area contributed by atoms with Gasteiger partial charge < -0.3 is 10.5 Å². The van der Waals surface area contributed by atoms with Crippen LogP contribution in [0.25, 0.3) is 0 Å². The maximum atomic E-state index is 12.3. The van der Waals surface area contributed by atoms with Gasteiger partial charge in [0.15, 0.2) is 6.61 Å². The molecule has 0 radical (unpaired) electrons. The lowest BCUT2D eigenvalue weighted by molar-refractivity contribution is -0.123. The molecule has 0 spiro atoms. The number of primary amides is 1. The molecule has 24 heavy (non-hydrogen) atoms. The van der Waals surface area contributed by atoms with E-state index in [0.29, 0.717) is 13.1 Å². The highest BCUT2D eigenvalue weighted by Crippen LogP contribution is 2.16. The summed E-state index contributed by atoms with van der Waals surface area (Å²) >= 11 is 0. The second-order valence-corrected chi connectivity index (χ2v) is 6.54. The van der Waals surface area contributed by atoms with Gasteiger partial charge in [-0.05, 0) is 24.3 Å². The number of ether oxygens (including phenoxy) is 1. The van der Waals surface area contributed by atoms with Crippen LogP contribution >= 0.6 is 0 Å². The van der Waals surface area contributed by atoms with Crippen molar-refractivity contribution in [3.8, 4) is 0 Å². The molecule has 0 aromatic heterocycles. The lowest BCUT2D eigenvalue weighted by atomic mass is 10.2. The van der Waals surface area contributed by atoms with E-state index in [1.165, 1.54) is 28.6 Å². The number of hydrogen-bond donors (Lipinski definition) is 2. The number of esters is 1. The molecule has 132 valence electrons. The fraction of sp³-hybridized carbons (Fsp3) is 0.357. The minimum atomic E-state index is -3.62. The van der Waals surface area contributed by atoms with Crippen molar-refractivity contribution in [1.29, 1.82) is 0 Å². The number of nitrogens with two attached hydrogens (primary N) is 1. The summed E-state index contributed by atoms with van der Waals surface area (Å²) in [4.78, 5) is 33.4. The molecule has 0 fully saturated rings. The van der Waals surface area contributed by atoms with Crippen LogP contribution in [0, 0.1) is 0 Å². The largest absolute Gasteiger partial charge is 0.452 e. The van der Waals surface area contributed by atoms with E-state index in [2.05, 4.69) is 4.74 Å². The summed E-state index contributed by atoms with van der Waals surface area (Å²) in [5.74, 6) is -1.70. The predicted octanol–water partition coefficient (Wildman–Crippen LogP) is 0.0688. The molecule has 10 heteroatoms. The van der Waals surface area contributed by atoms with Gasteiger partial charge in [0.05, 0.1) is 10.5 Å². The quantitative estimate of drug-likeness (QED) is 0.663. The van der Waals surface area contributed by atoms with Crippen LogP contribution in [0.1, 0.15) is 24.2 Å². The van der Waals surface area contributed by atoms with Gasteiger partial charge in [-0.1, -0.05) is 13.8 Å². The molecule has 0 aliphatic carbocycles. The first-order chi connectivity index (χ1) is 11.2. The number of amides is 3. The van der Waals surface area contributed by atoms with Crippen molar-refractivity contribution in [2.24, 2.45) is 5.73 Å². The molecule has 0 atom stereocenters. The average molecular weight is 357 g/mol. The van der Waals surface area contributed by atoms with E-state index in [-0.39, 0.29) is 10.5 Å². The van der Waals surface area contributed by atoms with E-state index in [4.69, 9.17) is 5.73 Å². The number of carbonyl (C=O) groups excluding carboxylic acids is 3. The summed E-state index contributed by atoms with van der Waals surface area (Å²) in [6.07, 6.45) is 0. The smallest absolute Gasteiger partial charge is 0.338 e. The Labute approximate surface area is 139 Å². The van der Waals surface area contributed by atoms with E-state index in [1.807, 2.05) is 0 Å². The third-order valence-corrected chi connectivity index (χ3v) is 5.09. The SMILES string of the molecule is CCN(CC)S(=O)(=O)c1ccc(C(=O)OCC(=O)NC(N)=O)cc1. The second-order valence-electron chi connectivity index (χ2n) is 4.60. The molecule has 1 rings (SSSR count). The van der Waals surface area contributed by atoms with E-state index in [9.17, 15) is 22.8 Å². The lowest BCUT2D eigenvalue weighted by Crippen LogP contribution is -2.37. The Kier molecular flexibility index (Phi) is 6.86. The molecule has 3 N–H and O–H groups in total. The summed E-state index contributed by atoms with van der Waals surface area (Å²) in [6, 6.07) is 4.08. The fourth-order valence-corrected chi connectivity index (χ4v) is 3.32. The lowest BCUT2D eigenvalue weighted by Gasteiger charge is -2.18. The van der Waals surface area contributed by atoms with Gasteiger partial charge in [-0.15, -0.1) is 0 Å². The molecule has 0 aliphatic heterocycles. The predicted molar refractivity (Wildman–Crippen MR) is 84.6 cm³/mol. The maximum Gasteiger partial charge on any atom is 0.338 e. The highest BCUT2D eigenvalue weighted by Gasteiger charge is 2.22. The first-order valence-electron chi connectivity index (χ1n) is 7.09. The molecule has 0 bridgehead atoms. The van der Waals surface area contributed by atoms with E-state index < -0.39 is 34.5 Å². The number of sulfonamides is 1. The molecule has 3 amide bonds. The zero-order valence-electron chi connectivity index (χ0n) is 13.3. The normalized spacial score (nSPS) is 11.1. The minimum absolute atomic E-state index is 0.0502. The standard InChI is InChI=1S/C14H19N3O6S/c1-3-17(4-2)24(21,22)11-7-5-10(6-8-11)13(19)23-9-12(18)16-14(15)20/h5-8H,3-4,9H2,1-2H3,(H3,15,16,18,20). The molecular weight excluding hydrogens is 338 g/mol.